The van der Waals surface area contributed by atoms with Gasteiger partial charge in [-0.3, -0.25) is 0 Å². The first-order valence-electron chi connectivity index (χ1n) is 6.04. The van der Waals surface area contributed by atoms with E-state index < -0.39 is 24.1 Å². The van der Waals surface area contributed by atoms with Gasteiger partial charge in [-0.15, -0.1) is 12.3 Å². The van der Waals surface area contributed by atoms with Crippen LogP contribution in [0, 0.1) is 12.3 Å². The highest BCUT2D eigenvalue weighted by Gasteiger charge is 2.29. The SMILES string of the molecule is C#CCC(NC(=O)N1CCC(NC(=O)OC)C1)C(=O)O. The number of carbonyl (C=O) groups is 3. The van der Waals surface area contributed by atoms with Gasteiger partial charge in [0.15, 0.2) is 0 Å². The van der Waals surface area contributed by atoms with E-state index in [4.69, 9.17) is 11.5 Å². The minimum absolute atomic E-state index is 0.0846. The molecule has 1 rings (SSSR count). The number of carboxylic acids is 1. The number of likely N-dealkylation sites (tertiary alicyclic amines) is 1. The van der Waals surface area contributed by atoms with E-state index in [1.54, 1.807) is 0 Å². The number of rotatable bonds is 4. The molecule has 8 heteroatoms. The molecule has 1 aliphatic rings. The summed E-state index contributed by atoms with van der Waals surface area (Å²) >= 11 is 0. The molecule has 0 saturated carbocycles. The molecule has 110 valence electrons. The van der Waals surface area contributed by atoms with Gasteiger partial charge in [0, 0.05) is 19.5 Å². The lowest BCUT2D eigenvalue weighted by Gasteiger charge is -2.20. The number of nitrogens with zero attached hydrogens (tertiary/aromatic N) is 1. The highest BCUT2D eigenvalue weighted by atomic mass is 16.5. The molecule has 8 nitrogen and oxygen atoms in total. The van der Waals surface area contributed by atoms with Crippen molar-refractivity contribution in [2.24, 2.45) is 0 Å². The Balaban J connectivity index is 2.47. The van der Waals surface area contributed by atoms with Crippen LogP contribution < -0.4 is 10.6 Å². The molecule has 0 radical (unpaired) electrons. The maximum absolute atomic E-state index is 11.9. The summed E-state index contributed by atoms with van der Waals surface area (Å²) < 4.78 is 4.47. The summed E-state index contributed by atoms with van der Waals surface area (Å²) in [5.41, 5.74) is 0. The van der Waals surface area contributed by atoms with Gasteiger partial charge < -0.3 is 25.4 Å². The number of carboxylic acid groups (broad SMARTS) is 1. The van der Waals surface area contributed by atoms with Gasteiger partial charge in [0.2, 0.25) is 0 Å². The topological polar surface area (TPSA) is 108 Å². The summed E-state index contributed by atoms with van der Waals surface area (Å²) in [5.74, 6) is 1.02. The fraction of sp³-hybridized carbons (Fsp3) is 0.583. The van der Waals surface area contributed by atoms with E-state index >= 15 is 0 Å². The molecule has 20 heavy (non-hydrogen) atoms. The number of aliphatic carboxylic acids is 1. The van der Waals surface area contributed by atoms with Crippen molar-refractivity contribution in [1.82, 2.24) is 15.5 Å². The Hall–Kier alpha value is -2.43. The number of urea groups is 1. The quantitative estimate of drug-likeness (QED) is 0.609. The van der Waals surface area contributed by atoms with Gasteiger partial charge in [-0.2, -0.15) is 0 Å². The summed E-state index contributed by atoms with van der Waals surface area (Å²) in [6.45, 7) is 0.714. The van der Waals surface area contributed by atoms with E-state index in [-0.39, 0.29) is 12.5 Å². The van der Waals surface area contributed by atoms with Gasteiger partial charge in [-0.25, -0.2) is 14.4 Å². The van der Waals surface area contributed by atoms with Crippen molar-refractivity contribution in [3.05, 3.63) is 0 Å². The fourth-order valence-electron chi connectivity index (χ4n) is 1.85. The number of amides is 3. The van der Waals surface area contributed by atoms with Crippen LogP contribution in [0.15, 0.2) is 0 Å². The number of hydrogen-bond acceptors (Lipinski definition) is 4. The second-order valence-electron chi connectivity index (χ2n) is 4.32. The molecular formula is C12H17N3O5. The zero-order valence-corrected chi connectivity index (χ0v) is 11.1. The van der Waals surface area contributed by atoms with Crippen molar-refractivity contribution < 1.29 is 24.2 Å². The van der Waals surface area contributed by atoms with Crippen LogP contribution in [-0.4, -0.2) is 60.4 Å². The van der Waals surface area contributed by atoms with E-state index in [9.17, 15) is 14.4 Å². The van der Waals surface area contributed by atoms with Crippen molar-refractivity contribution >= 4 is 18.1 Å². The van der Waals surface area contributed by atoms with Crippen LogP contribution in [-0.2, 0) is 9.53 Å². The number of methoxy groups -OCH3 is 1. The molecule has 1 fully saturated rings. The van der Waals surface area contributed by atoms with Crippen LogP contribution in [0.25, 0.3) is 0 Å². The second kappa shape index (κ2) is 7.23. The molecule has 0 aromatic heterocycles. The zero-order valence-electron chi connectivity index (χ0n) is 11.1. The average Bonchev–Trinajstić information content (AvgIpc) is 2.86. The third-order valence-electron chi connectivity index (χ3n) is 2.90. The Morgan fingerprint density at radius 2 is 2.25 bits per heavy atom. The molecule has 0 aromatic carbocycles. The number of alkyl carbamates (subject to hydrolysis) is 1. The summed E-state index contributed by atoms with van der Waals surface area (Å²) in [5, 5.41) is 13.8. The molecule has 1 aliphatic heterocycles. The number of carbonyl (C=O) groups excluding carboxylic acids is 2. The molecule has 1 heterocycles. The standard InChI is InChI=1S/C12H17N3O5/c1-3-4-9(10(16)17)14-11(18)15-6-5-8(7-15)13-12(19)20-2/h1,8-9H,4-7H2,2H3,(H,13,19)(H,14,18)(H,16,17). The Labute approximate surface area is 116 Å². The Kier molecular flexibility index (Phi) is 5.65. The highest BCUT2D eigenvalue weighted by molar-refractivity contribution is 5.83. The first-order chi connectivity index (χ1) is 9.47. The summed E-state index contributed by atoms with van der Waals surface area (Å²) in [7, 11) is 1.26. The molecule has 0 spiro atoms. The van der Waals surface area contributed by atoms with Crippen molar-refractivity contribution in [3.8, 4) is 12.3 Å². The van der Waals surface area contributed by atoms with Crippen LogP contribution in [0.5, 0.6) is 0 Å². The van der Waals surface area contributed by atoms with Crippen LogP contribution in [0.1, 0.15) is 12.8 Å². The lowest BCUT2D eigenvalue weighted by molar-refractivity contribution is -0.139. The third-order valence-corrected chi connectivity index (χ3v) is 2.90. The summed E-state index contributed by atoms with van der Waals surface area (Å²) in [4.78, 5) is 35.2. The average molecular weight is 283 g/mol. The second-order valence-corrected chi connectivity index (χ2v) is 4.32. The van der Waals surface area contributed by atoms with E-state index in [0.29, 0.717) is 19.5 Å². The van der Waals surface area contributed by atoms with E-state index in [2.05, 4.69) is 21.3 Å². The Bertz CT molecular complexity index is 431. The number of terminal acetylenes is 1. The molecule has 0 aliphatic carbocycles. The van der Waals surface area contributed by atoms with Crippen molar-refractivity contribution in [1.29, 1.82) is 0 Å². The van der Waals surface area contributed by atoms with E-state index in [1.807, 2.05) is 0 Å². The fourth-order valence-corrected chi connectivity index (χ4v) is 1.85. The third kappa shape index (κ3) is 4.35. The van der Waals surface area contributed by atoms with Gasteiger partial charge in [0.25, 0.3) is 0 Å². The predicted molar refractivity (Wildman–Crippen MR) is 68.9 cm³/mol. The predicted octanol–water partition coefficient (Wildman–Crippen LogP) is -0.397. The molecule has 2 unspecified atom stereocenters. The van der Waals surface area contributed by atoms with Gasteiger partial charge in [0.05, 0.1) is 13.2 Å². The smallest absolute Gasteiger partial charge is 0.407 e. The monoisotopic (exact) mass is 283 g/mol. The normalized spacial score (nSPS) is 18.8. The molecule has 3 N–H and O–H groups in total. The molecule has 1 saturated heterocycles. The van der Waals surface area contributed by atoms with Crippen molar-refractivity contribution in [2.45, 2.75) is 24.9 Å². The maximum Gasteiger partial charge on any atom is 0.407 e. The first-order valence-corrected chi connectivity index (χ1v) is 6.04. The molecule has 0 aromatic rings. The van der Waals surface area contributed by atoms with Crippen LogP contribution >= 0.6 is 0 Å². The van der Waals surface area contributed by atoms with Gasteiger partial charge in [-0.1, -0.05) is 0 Å². The molecule has 0 bridgehead atoms. The van der Waals surface area contributed by atoms with Gasteiger partial charge in [0.1, 0.15) is 6.04 Å². The lowest BCUT2D eigenvalue weighted by atomic mass is 10.2. The largest absolute Gasteiger partial charge is 0.480 e. The number of hydrogen-bond donors (Lipinski definition) is 3. The summed E-state index contributed by atoms with van der Waals surface area (Å²) in [6.07, 6.45) is 4.98. The zero-order chi connectivity index (χ0) is 15.1. The van der Waals surface area contributed by atoms with Crippen LogP contribution in [0.4, 0.5) is 9.59 Å². The van der Waals surface area contributed by atoms with E-state index in [0.717, 1.165) is 0 Å². The van der Waals surface area contributed by atoms with E-state index in [1.165, 1.54) is 12.0 Å². The van der Waals surface area contributed by atoms with Crippen molar-refractivity contribution in [3.63, 3.8) is 0 Å². The van der Waals surface area contributed by atoms with Gasteiger partial charge >= 0.3 is 18.1 Å². The molecule has 2 atom stereocenters. The Morgan fingerprint density at radius 1 is 1.55 bits per heavy atom. The minimum atomic E-state index is -1.18. The van der Waals surface area contributed by atoms with Crippen LogP contribution in [0.2, 0.25) is 0 Å². The number of ether oxygens (including phenoxy) is 1. The molecule has 3 amide bonds. The summed E-state index contributed by atoms with van der Waals surface area (Å²) in [6, 6.07) is -1.83. The first kappa shape index (κ1) is 15.6. The highest BCUT2D eigenvalue weighted by Crippen LogP contribution is 2.10. The van der Waals surface area contributed by atoms with Crippen LogP contribution in [0.3, 0.4) is 0 Å². The maximum atomic E-state index is 11.9. The van der Waals surface area contributed by atoms with Gasteiger partial charge in [-0.05, 0) is 6.42 Å². The number of nitrogens with one attached hydrogen (secondary N) is 2. The molecular weight excluding hydrogens is 266 g/mol. The Morgan fingerprint density at radius 3 is 2.80 bits per heavy atom. The lowest BCUT2D eigenvalue weighted by Crippen LogP contribution is -2.48. The minimum Gasteiger partial charge on any atom is -0.480 e. The van der Waals surface area contributed by atoms with Crippen molar-refractivity contribution in [2.75, 3.05) is 20.2 Å².